The zero-order valence-corrected chi connectivity index (χ0v) is 13.5. The second kappa shape index (κ2) is 8.10. The molecule has 126 valence electrons. The summed E-state index contributed by atoms with van der Waals surface area (Å²) in [6.45, 7) is 0.684. The number of nitrogens with zero attached hydrogens (tertiary/aromatic N) is 2. The van der Waals surface area contributed by atoms with E-state index in [1.165, 1.54) is 10.6 Å². The predicted octanol–water partition coefficient (Wildman–Crippen LogP) is 1.89. The summed E-state index contributed by atoms with van der Waals surface area (Å²) in [6.07, 6.45) is 1.90. The summed E-state index contributed by atoms with van der Waals surface area (Å²) < 4.78 is 1.39. The lowest BCUT2D eigenvalue weighted by molar-refractivity contribution is -0.137. The Balaban J connectivity index is 2.19. The Morgan fingerprint density at radius 3 is 2.50 bits per heavy atom. The van der Waals surface area contributed by atoms with Gasteiger partial charge in [0.1, 0.15) is 0 Å². The third kappa shape index (κ3) is 4.81. The molecule has 2 rings (SSSR count). The van der Waals surface area contributed by atoms with E-state index in [2.05, 4.69) is 0 Å². The zero-order valence-electron chi connectivity index (χ0n) is 13.5. The van der Waals surface area contributed by atoms with Crippen LogP contribution in [0.25, 0.3) is 0 Å². The number of carboxylic acid groups (broad SMARTS) is 1. The van der Waals surface area contributed by atoms with Crippen LogP contribution in [0.15, 0.2) is 53.5 Å². The third-order valence-corrected chi connectivity index (χ3v) is 3.67. The number of amides is 1. The number of aromatic nitrogens is 1. The van der Waals surface area contributed by atoms with Crippen LogP contribution in [0, 0.1) is 0 Å². The van der Waals surface area contributed by atoms with Crippen LogP contribution < -0.4 is 5.56 Å². The fourth-order valence-electron chi connectivity index (χ4n) is 2.34. The minimum atomic E-state index is -0.893. The second-order valence-corrected chi connectivity index (χ2v) is 5.57. The van der Waals surface area contributed by atoms with Gasteiger partial charge in [0.2, 0.25) is 0 Å². The van der Waals surface area contributed by atoms with Crippen molar-refractivity contribution in [1.29, 1.82) is 0 Å². The first-order valence-corrected chi connectivity index (χ1v) is 7.69. The molecule has 0 saturated heterocycles. The number of hydrogen-bond donors (Lipinski definition) is 1. The van der Waals surface area contributed by atoms with Gasteiger partial charge in [-0.15, -0.1) is 0 Å². The number of carbonyl (C=O) groups excluding carboxylic acids is 1. The molecular weight excluding hydrogens is 308 g/mol. The van der Waals surface area contributed by atoms with Crippen molar-refractivity contribution in [1.82, 2.24) is 9.47 Å². The van der Waals surface area contributed by atoms with E-state index in [1.54, 1.807) is 24.2 Å². The lowest BCUT2D eigenvalue weighted by atomic mass is 10.1. The van der Waals surface area contributed by atoms with Gasteiger partial charge < -0.3 is 14.6 Å². The Kier molecular flexibility index (Phi) is 5.89. The molecular formula is C18H20N2O4. The van der Waals surface area contributed by atoms with E-state index in [1.807, 2.05) is 30.3 Å². The molecule has 24 heavy (non-hydrogen) atoms. The zero-order chi connectivity index (χ0) is 17.5. The SMILES string of the molecule is Cn1ccc(C(=O)N(CCCC(=O)O)Cc2ccccc2)cc1=O. The maximum absolute atomic E-state index is 12.7. The van der Waals surface area contributed by atoms with Crippen LogP contribution in [0.3, 0.4) is 0 Å². The molecule has 0 aliphatic rings. The summed E-state index contributed by atoms with van der Waals surface area (Å²) in [7, 11) is 1.62. The molecule has 1 aromatic carbocycles. The standard InChI is InChI=1S/C18H20N2O4/c1-19-11-9-15(12-16(19)21)18(24)20(10-5-8-17(22)23)13-14-6-3-2-4-7-14/h2-4,6-7,9,11-12H,5,8,10,13H2,1H3,(H,22,23). The number of pyridine rings is 1. The highest BCUT2D eigenvalue weighted by Gasteiger charge is 2.17. The average molecular weight is 328 g/mol. The summed E-state index contributed by atoms with van der Waals surface area (Å²) in [6, 6.07) is 12.4. The van der Waals surface area contributed by atoms with Crippen molar-refractivity contribution in [3.05, 3.63) is 70.1 Å². The van der Waals surface area contributed by atoms with Crippen LogP contribution in [0.5, 0.6) is 0 Å². The fourth-order valence-corrected chi connectivity index (χ4v) is 2.34. The Labute approximate surface area is 140 Å². The summed E-state index contributed by atoms with van der Waals surface area (Å²) >= 11 is 0. The number of carbonyl (C=O) groups is 2. The topological polar surface area (TPSA) is 79.6 Å². The van der Waals surface area contributed by atoms with Gasteiger partial charge in [-0.05, 0) is 18.1 Å². The van der Waals surface area contributed by atoms with E-state index >= 15 is 0 Å². The van der Waals surface area contributed by atoms with Crippen LogP contribution in [0.2, 0.25) is 0 Å². The van der Waals surface area contributed by atoms with Gasteiger partial charge in [-0.3, -0.25) is 14.4 Å². The van der Waals surface area contributed by atoms with Crippen molar-refractivity contribution in [3.63, 3.8) is 0 Å². The Bertz CT molecular complexity index is 768. The maximum Gasteiger partial charge on any atom is 0.303 e. The van der Waals surface area contributed by atoms with Crippen LogP contribution >= 0.6 is 0 Å². The minimum Gasteiger partial charge on any atom is -0.481 e. The molecule has 0 bridgehead atoms. The van der Waals surface area contributed by atoms with Crippen molar-refractivity contribution in [2.24, 2.45) is 7.05 Å². The number of hydrogen-bond acceptors (Lipinski definition) is 3. The van der Waals surface area contributed by atoms with Gasteiger partial charge in [0.15, 0.2) is 0 Å². The fraction of sp³-hybridized carbons (Fsp3) is 0.278. The van der Waals surface area contributed by atoms with Crippen LogP contribution in [-0.4, -0.2) is 33.0 Å². The average Bonchev–Trinajstić information content (AvgIpc) is 2.56. The lowest BCUT2D eigenvalue weighted by Gasteiger charge is -2.23. The van der Waals surface area contributed by atoms with Gasteiger partial charge in [0.05, 0.1) is 0 Å². The van der Waals surface area contributed by atoms with Gasteiger partial charge in [0.25, 0.3) is 11.5 Å². The number of aryl methyl sites for hydroxylation is 1. The Morgan fingerprint density at radius 2 is 1.88 bits per heavy atom. The predicted molar refractivity (Wildman–Crippen MR) is 89.7 cm³/mol. The van der Waals surface area contributed by atoms with Crippen molar-refractivity contribution in [2.45, 2.75) is 19.4 Å². The molecule has 0 saturated carbocycles. The van der Waals surface area contributed by atoms with E-state index in [-0.39, 0.29) is 17.9 Å². The first kappa shape index (κ1) is 17.5. The number of carboxylic acids is 1. The molecule has 0 radical (unpaired) electrons. The molecule has 2 aromatic rings. The molecule has 6 heteroatoms. The molecule has 0 atom stereocenters. The number of benzene rings is 1. The summed E-state index contributed by atoms with van der Waals surface area (Å²) in [5, 5.41) is 8.79. The van der Waals surface area contributed by atoms with Gasteiger partial charge in [0, 0.05) is 44.4 Å². The van der Waals surface area contributed by atoms with Crippen molar-refractivity contribution < 1.29 is 14.7 Å². The first-order chi connectivity index (χ1) is 11.5. The lowest BCUT2D eigenvalue weighted by Crippen LogP contribution is -2.33. The number of aliphatic carboxylic acids is 1. The smallest absolute Gasteiger partial charge is 0.303 e. The largest absolute Gasteiger partial charge is 0.481 e. The molecule has 1 aromatic heterocycles. The van der Waals surface area contributed by atoms with Crippen LogP contribution in [-0.2, 0) is 18.4 Å². The molecule has 1 heterocycles. The summed E-state index contributed by atoms with van der Waals surface area (Å²) in [4.78, 5) is 36.8. The minimum absolute atomic E-state index is 0.00484. The van der Waals surface area contributed by atoms with E-state index in [9.17, 15) is 14.4 Å². The second-order valence-electron chi connectivity index (χ2n) is 5.57. The summed E-state index contributed by atoms with van der Waals surface area (Å²) in [5.74, 6) is -1.17. The van der Waals surface area contributed by atoms with E-state index < -0.39 is 5.97 Å². The molecule has 0 unspecified atom stereocenters. The van der Waals surface area contributed by atoms with Gasteiger partial charge in [-0.1, -0.05) is 30.3 Å². The monoisotopic (exact) mass is 328 g/mol. The highest BCUT2D eigenvalue weighted by molar-refractivity contribution is 5.94. The Hall–Kier alpha value is -2.89. The van der Waals surface area contributed by atoms with Crippen molar-refractivity contribution in [3.8, 4) is 0 Å². The molecule has 0 aliphatic heterocycles. The molecule has 6 nitrogen and oxygen atoms in total. The normalized spacial score (nSPS) is 10.4. The van der Waals surface area contributed by atoms with Gasteiger partial charge in [-0.2, -0.15) is 0 Å². The van der Waals surface area contributed by atoms with Gasteiger partial charge in [-0.25, -0.2) is 0 Å². The Morgan fingerprint density at radius 1 is 1.17 bits per heavy atom. The third-order valence-electron chi connectivity index (χ3n) is 3.67. The molecule has 1 N–H and O–H groups in total. The van der Waals surface area contributed by atoms with Crippen molar-refractivity contribution >= 4 is 11.9 Å². The highest BCUT2D eigenvalue weighted by atomic mass is 16.4. The van der Waals surface area contributed by atoms with Gasteiger partial charge >= 0.3 is 5.97 Å². The van der Waals surface area contributed by atoms with Crippen molar-refractivity contribution in [2.75, 3.05) is 6.54 Å². The molecule has 1 amide bonds. The quantitative estimate of drug-likeness (QED) is 0.842. The van der Waals surface area contributed by atoms with E-state index in [0.717, 1.165) is 5.56 Å². The molecule has 0 aliphatic carbocycles. The summed E-state index contributed by atoms with van der Waals surface area (Å²) in [5.41, 5.74) is 1.00. The molecule has 0 spiro atoms. The molecule has 0 fully saturated rings. The number of rotatable bonds is 7. The van der Waals surface area contributed by atoms with E-state index in [0.29, 0.717) is 25.1 Å². The van der Waals surface area contributed by atoms with E-state index in [4.69, 9.17) is 5.11 Å². The maximum atomic E-state index is 12.7. The van der Waals surface area contributed by atoms with Crippen LogP contribution in [0.1, 0.15) is 28.8 Å². The first-order valence-electron chi connectivity index (χ1n) is 7.69. The highest BCUT2D eigenvalue weighted by Crippen LogP contribution is 2.10. The van der Waals surface area contributed by atoms with Crippen LogP contribution in [0.4, 0.5) is 0 Å².